The summed E-state index contributed by atoms with van der Waals surface area (Å²) in [4.78, 5) is 2.42. The van der Waals surface area contributed by atoms with Crippen molar-refractivity contribution >= 4 is 17.3 Å². The van der Waals surface area contributed by atoms with Gasteiger partial charge in [-0.2, -0.15) is 0 Å². The normalized spacial score (nSPS) is 16.6. The summed E-state index contributed by atoms with van der Waals surface area (Å²) in [6, 6.07) is 7.38. The van der Waals surface area contributed by atoms with E-state index in [4.69, 9.17) is 11.6 Å². The lowest BCUT2D eigenvalue weighted by atomic mass is 9.93. The Morgan fingerprint density at radius 2 is 1.95 bits per heavy atom. The maximum absolute atomic E-state index is 6.49. The third-order valence-electron chi connectivity index (χ3n) is 4.25. The third kappa shape index (κ3) is 3.89. The van der Waals surface area contributed by atoms with Crippen molar-refractivity contribution in [3.05, 3.63) is 28.8 Å². The van der Waals surface area contributed by atoms with Crippen LogP contribution in [-0.4, -0.2) is 19.1 Å². The molecular weight excluding hydrogens is 268 g/mol. The Hall–Kier alpha value is -0.730. The van der Waals surface area contributed by atoms with Crippen LogP contribution < -0.4 is 10.2 Å². The molecule has 1 N–H and O–H groups in total. The number of nitrogens with zero attached hydrogens (tertiary/aromatic N) is 1. The first-order chi connectivity index (χ1) is 9.59. The van der Waals surface area contributed by atoms with Crippen LogP contribution in [0.1, 0.15) is 51.5 Å². The molecule has 1 aliphatic carbocycles. The molecule has 0 heterocycles. The average Bonchev–Trinajstić information content (AvgIpc) is 2.45. The first-order valence-electron chi connectivity index (χ1n) is 7.83. The monoisotopic (exact) mass is 294 g/mol. The van der Waals surface area contributed by atoms with Gasteiger partial charge in [-0.05, 0) is 24.5 Å². The summed E-state index contributed by atoms with van der Waals surface area (Å²) in [5, 5.41) is 4.38. The zero-order chi connectivity index (χ0) is 14.5. The van der Waals surface area contributed by atoms with Gasteiger partial charge in [-0.15, -0.1) is 0 Å². The molecule has 0 unspecified atom stereocenters. The van der Waals surface area contributed by atoms with E-state index in [0.29, 0.717) is 12.1 Å². The number of hydrogen-bond donors (Lipinski definition) is 1. The molecule has 1 aromatic carbocycles. The van der Waals surface area contributed by atoms with Crippen LogP contribution >= 0.6 is 11.6 Å². The van der Waals surface area contributed by atoms with Crippen LogP contribution in [0.5, 0.6) is 0 Å². The lowest BCUT2D eigenvalue weighted by Crippen LogP contribution is -2.34. The van der Waals surface area contributed by atoms with Gasteiger partial charge < -0.3 is 10.2 Å². The van der Waals surface area contributed by atoms with Crippen LogP contribution in [0.3, 0.4) is 0 Å². The molecule has 0 radical (unpaired) electrons. The maximum Gasteiger partial charge on any atom is 0.0642 e. The molecule has 0 aliphatic heterocycles. The van der Waals surface area contributed by atoms with Crippen LogP contribution in [0.4, 0.5) is 5.69 Å². The number of benzene rings is 1. The second-order valence-electron chi connectivity index (χ2n) is 6.19. The lowest BCUT2D eigenvalue weighted by Gasteiger charge is -2.35. The Bertz CT molecular complexity index is 425. The lowest BCUT2D eigenvalue weighted by molar-refractivity contribution is 0.427. The molecule has 0 aromatic heterocycles. The highest BCUT2D eigenvalue weighted by atomic mass is 35.5. The summed E-state index contributed by atoms with van der Waals surface area (Å²) >= 11 is 6.49. The van der Waals surface area contributed by atoms with E-state index in [1.165, 1.54) is 43.4 Å². The minimum absolute atomic E-state index is 0.488. The molecular formula is C17H27ClN2. The van der Waals surface area contributed by atoms with Crippen molar-refractivity contribution in [1.29, 1.82) is 0 Å². The largest absolute Gasteiger partial charge is 0.370 e. The summed E-state index contributed by atoms with van der Waals surface area (Å²) in [6.45, 7) is 5.23. The number of halogens is 1. The molecule has 0 spiro atoms. The number of nitrogens with one attached hydrogen (secondary N) is 1. The number of anilines is 1. The van der Waals surface area contributed by atoms with E-state index >= 15 is 0 Å². The second-order valence-corrected chi connectivity index (χ2v) is 6.59. The van der Waals surface area contributed by atoms with Crippen molar-refractivity contribution in [2.24, 2.45) is 0 Å². The quantitative estimate of drug-likeness (QED) is 0.853. The Balaban J connectivity index is 2.19. The summed E-state index contributed by atoms with van der Waals surface area (Å²) in [7, 11) is 2.20. The molecule has 1 saturated carbocycles. The highest BCUT2D eigenvalue weighted by molar-refractivity contribution is 6.33. The van der Waals surface area contributed by atoms with Gasteiger partial charge in [-0.25, -0.2) is 0 Å². The molecule has 3 heteroatoms. The third-order valence-corrected chi connectivity index (χ3v) is 4.55. The van der Waals surface area contributed by atoms with Crippen LogP contribution in [0.2, 0.25) is 5.02 Å². The van der Waals surface area contributed by atoms with E-state index in [2.05, 4.69) is 43.2 Å². The molecule has 0 saturated heterocycles. The van der Waals surface area contributed by atoms with Crippen molar-refractivity contribution in [1.82, 2.24) is 5.32 Å². The van der Waals surface area contributed by atoms with E-state index in [0.717, 1.165) is 11.6 Å². The van der Waals surface area contributed by atoms with E-state index < -0.39 is 0 Å². The Morgan fingerprint density at radius 1 is 1.25 bits per heavy atom. The Morgan fingerprint density at radius 3 is 2.60 bits per heavy atom. The maximum atomic E-state index is 6.49. The van der Waals surface area contributed by atoms with Crippen LogP contribution in [0, 0.1) is 0 Å². The van der Waals surface area contributed by atoms with Gasteiger partial charge in [0, 0.05) is 25.7 Å². The van der Waals surface area contributed by atoms with Crippen LogP contribution in [-0.2, 0) is 6.54 Å². The molecule has 0 bridgehead atoms. The highest BCUT2D eigenvalue weighted by Crippen LogP contribution is 2.34. The van der Waals surface area contributed by atoms with Gasteiger partial charge >= 0.3 is 0 Å². The molecule has 1 aliphatic rings. The predicted octanol–water partition coefficient (Wildman–Crippen LogP) is 4.61. The smallest absolute Gasteiger partial charge is 0.0642 e. The number of hydrogen-bond acceptors (Lipinski definition) is 2. The zero-order valence-electron chi connectivity index (χ0n) is 13.0. The Labute approximate surface area is 128 Å². The highest BCUT2D eigenvalue weighted by Gasteiger charge is 2.21. The SMILES string of the molecule is CC(C)NCc1cccc(Cl)c1N(C)C1CCCCC1. The standard InChI is InChI=1S/C17H27ClN2/c1-13(2)19-12-14-8-7-11-16(18)17(14)20(3)15-9-5-4-6-10-15/h7-8,11,13,15,19H,4-6,9-10,12H2,1-3H3. The van der Waals surface area contributed by atoms with Crippen molar-refractivity contribution < 1.29 is 0 Å². The minimum atomic E-state index is 0.488. The van der Waals surface area contributed by atoms with E-state index in [9.17, 15) is 0 Å². The molecule has 0 amide bonds. The summed E-state index contributed by atoms with van der Waals surface area (Å²) < 4.78 is 0. The van der Waals surface area contributed by atoms with Crippen molar-refractivity contribution in [3.63, 3.8) is 0 Å². The molecule has 2 nitrogen and oxygen atoms in total. The van der Waals surface area contributed by atoms with Crippen LogP contribution in [0.15, 0.2) is 18.2 Å². The molecule has 112 valence electrons. The van der Waals surface area contributed by atoms with Gasteiger partial charge in [0.15, 0.2) is 0 Å². The van der Waals surface area contributed by atoms with Crippen molar-refractivity contribution in [2.75, 3.05) is 11.9 Å². The predicted molar refractivity (Wildman–Crippen MR) is 88.7 cm³/mol. The van der Waals surface area contributed by atoms with E-state index in [-0.39, 0.29) is 0 Å². The van der Waals surface area contributed by atoms with Crippen molar-refractivity contribution in [3.8, 4) is 0 Å². The molecule has 2 rings (SSSR count). The fourth-order valence-electron chi connectivity index (χ4n) is 3.06. The number of para-hydroxylation sites is 1. The van der Waals surface area contributed by atoms with Gasteiger partial charge in [0.05, 0.1) is 10.7 Å². The topological polar surface area (TPSA) is 15.3 Å². The average molecular weight is 295 g/mol. The molecule has 20 heavy (non-hydrogen) atoms. The molecule has 1 fully saturated rings. The summed E-state index contributed by atoms with van der Waals surface area (Å²) in [5.74, 6) is 0. The first kappa shape index (κ1) is 15.7. The van der Waals surface area contributed by atoms with E-state index in [1.807, 2.05) is 6.07 Å². The fraction of sp³-hybridized carbons (Fsp3) is 0.647. The minimum Gasteiger partial charge on any atom is -0.370 e. The van der Waals surface area contributed by atoms with Gasteiger partial charge in [-0.1, -0.05) is 56.8 Å². The second kappa shape index (κ2) is 7.33. The van der Waals surface area contributed by atoms with Gasteiger partial charge in [0.2, 0.25) is 0 Å². The summed E-state index contributed by atoms with van der Waals surface area (Å²) in [5.41, 5.74) is 2.52. The first-order valence-corrected chi connectivity index (χ1v) is 8.21. The molecule has 1 aromatic rings. The van der Waals surface area contributed by atoms with Crippen molar-refractivity contribution in [2.45, 2.75) is 64.6 Å². The number of rotatable bonds is 5. The summed E-state index contributed by atoms with van der Waals surface area (Å²) in [6.07, 6.45) is 6.66. The van der Waals surface area contributed by atoms with E-state index in [1.54, 1.807) is 0 Å². The van der Waals surface area contributed by atoms with Crippen LogP contribution in [0.25, 0.3) is 0 Å². The fourth-order valence-corrected chi connectivity index (χ4v) is 3.39. The van der Waals surface area contributed by atoms with Gasteiger partial charge in [0.1, 0.15) is 0 Å². The molecule has 0 atom stereocenters. The Kier molecular flexibility index (Phi) is 5.74. The van der Waals surface area contributed by atoms with Gasteiger partial charge in [0.25, 0.3) is 0 Å². The van der Waals surface area contributed by atoms with Gasteiger partial charge in [-0.3, -0.25) is 0 Å². The zero-order valence-corrected chi connectivity index (χ0v) is 13.7.